The third-order valence-electron chi connectivity index (χ3n) is 2.97. The molecule has 0 amide bonds. The molecule has 2 heterocycles. The summed E-state index contributed by atoms with van der Waals surface area (Å²) < 4.78 is 7.23. The first-order valence-corrected chi connectivity index (χ1v) is 5.80. The van der Waals surface area contributed by atoms with E-state index in [1.165, 1.54) is 5.56 Å². The highest BCUT2D eigenvalue weighted by atomic mass is 16.5. The highest BCUT2D eigenvalue weighted by Gasteiger charge is 2.22. The van der Waals surface area contributed by atoms with Gasteiger partial charge in [0.05, 0.1) is 12.8 Å². The summed E-state index contributed by atoms with van der Waals surface area (Å²) in [5.74, 6) is 0.121. The van der Waals surface area contributed by atoms with E-state index < -0.39 is 0 Å². The average molecular weight is 237 g/mol. The quantitative estimate of drug-likeness (QED) is 0.551. The molecule has 1 unspecified atom stereocenters. The van der Waals surface area contributed by atoms with Crippen LogP contribution in [0.1, 0.15) is 5.56 Å². The zero-order valence-electron chi connectivity index (χ0n) is 10.1. The Bertz CT molecular complexity index is 389. The van der Waals surface area contributed by atoms with E-state index in [-0.39, 0.29) is 11.9 Å². The van der Waals surface area contributed by atoms with Gasteiger partial charge in [-0.3, -0.25) is 15.0 Å². The van der Waals surface area contributed by atoms with Crippen LogP contribution in [0.15, 0.2) is 12.4 Å². The monoisotopic (exact) mass is 237 g/mol. The molecule has 1 aromatic heterocycles. The van der Waals surface area contributed by atoms with Crippen molar-refractivity contribution in [2.24, 2.45) is 12.8 Å². The van der Waals surface area contributed by atoms with Gasteiger partial charge in [-0.15, -0.1) is 0 Å². The second kappa shape index (κ2) is 5.29. The third-order valence-corrected chi connectivity index (χ3v) is 2.97. The molecular formula is C11H19N5O. The van der Waals surface area contributed by atoms with Gasteiger partial charge in [0.25, 0.3) is 0 Å². The number of amidine groups is 1. The van der Waals surface area contributed by atoms with Crippen molar-refractivity contribution in [3.05, 3.63) is 18.0 Å². The number of nitrogens with one attached hydrogen (secondary N) is 1. The van der Waals surface area contributed by atoms with Gasteiger partial charge in [-0.2, -0.15) is 5.10 Å². The fraction of sp³-hybridized carbons (Fsp3) is 0.636. The van der Waals surface area contributed by atoms with Gasteiger partial charge in [-0.1, -0.05) is 0 Å². The van der Waals surface area contributed by atoms with E-state index in [9.17, 15) is 0 Å². The average Bonchev–Trinajstić information content (AvgIpc) is 2.73. The van der Waals surface area contributed by atoms with Crippen molar-refractivity contribution in [1.82, 2.24) is 14.7 Å². The number of hydrogen-bond acceptors (Lipinski definition) is 4. The van der Waals surface area contributed by atoms with Crippen molar-refractivity contribution >= 4 is 5.84 Å². The van der Waals surface area contributed by atoms with E-state index in [0.29, 0.717) is 6.61 Å². The lowest BCUT2D eigenvalue weighted by Crippen LogP contribution is -2.48. The van der Waals surface area contributed by atoms with Gasteiger partial charge in [0, 0.05) is 32.9 Å². The minimum absolute atomic E-state index is 0.121. The molecule has 0 bridgehead atoms. The largest absolute Gasteiger partial charge is 0.385 e. The smallest absolute Gasteiger partial charge is 0.127 e. The molecule has 3 N–H and O–H groups in total. The molecule has 6 nitrogen and oxygen atoms in total. The third kappa shape index (κ3) is 3.28. The summed E-state index contributed by atoms with van der Waals surface area (Å²) in [5.41, 5.74) is 6.69. The molecule has 0 aliphatic carbocycles. The first-order valence-electron chi connectivity index (χ1n) is 5.80. The Morgan fingerprint density at radius 1 is 1.71 bits per heavy atom. The molecule has 1 aliphatic heterocycles. The molecule has 1 atom stereocenters. The summed E-state index contributed by atoms with van der Waals surface area (Å²) >= 11 is 0. The lowest BCUT2D eigenvalue weighted by molar-refractivity contribution is 0.00617. The lowest BCUT2D eigenvalue weighted by atomic mass is 10.2. The van der Waals surface area contributed by atoms with Crippen LogP contribution in [0.2, 0.25) is 0 Å². The van der Waals surface area contributed by atoms with Crippen LogP contribution >= 0.6 is 0 Å². The van der Waals surface area contributed by atoms with E-state index in [2.05, 4.69) is 10.00 Å². The Kier molecular flexibility index (Phi) is 3.75. The summed E-state index contributed by atoms with van der Waals surface area (Å²) in [5, 5.41) is 11.5. The normalized spacial score (nSPS) is 21.6. The van der Waals surface area contributed by atoms with Gasteiger partial charge >= 0.3 is 0 Å². The predicted molar refractivity (Wildman–Crippen MR) is 65.0 cm³/mol. The molecule has 6 heteroatoms. The predicted octanol–water partition coefficient (Wildman–Crippen LogP) is -0.401. The lowest BCUT2D eigenvalue weighted by Gasteiger charge is -2.32. The van der Waals surface area contributed by atoms with Crippen LogP contribution in [0.25, 0.3) is 0 Å². The van der Waals surface area contributed by atoms with E-state index in [4.69, 9.17) is 15.9 Å². The van der Waals surface area contributed by atoms with E-state index in [0.717, 1.165) is 26.1 Å². The van der Waals surface area contributed by atoms with Crippen LogP contribution in [0.4, 0.5) is 0 Å². The van der Waals surface area contributed by atoms with Gasteiger partial charge in [0.2, 0.25) is 0 Å². The van der Waals surface area contributed by atoms with Crippen LogP contribution in [0.5, 0.6) is 0 Å². The number of morpholine rings is 1. The van der Waals surface area contributed by atoms with Gasteiger partial charge in [-0.05, 0) is 12.0 Å². The SMILES string of the molecule is Cn1cc(CCN2CCOC(C(=N)N)C2)cn1. The summed E-state index contributed by atoms with van der Waals surface area (Å²) in [6.07, 6.45) is 4.65. The molecule has 1 aliphatic rings. The molecule has 0 saturated carbocycles. The molecule has 1 saturated heterocycles. The second-order valence-electron chi connectivity index (χ2n) is 4.39. The van der Waals surface area contributed by atoms with Gasteiger partial charge < -0.3 is 10.5 Å². The minimum Gasteiger partial charge on any atom is -0.385 e. The van der Waals surface area contributed by atoms with E-state index in [1.807, 2.05) is 24.1 Å². The Balaban J connectivity index is 1.81. The maximum absolute atomic E-state index is 7.39. The maximum atomic E-state index is 7.39. The van der Waals surface area contributed by atoms with Crippen LogP contribution in [0.3, 0.4) is 0 Å². The summed E-state index contributed by atoms with van der Waals surface area (Å²) in [6, 6.07) is 0. The Morgan fingerprint density at radius 2 is 2.53 bits per heavy atom. The Morgan fingerprint density at radius 3 is 3.18 bits per heavy atom. The summed E-state index contributed by atoms with van der Waals surface area (Å²) in [7, 11) is 1.92. The van der Waals surface area contributed by atoms with Crippen molar-refractivity contribution in [3.8, 4) is 0 Å². The van der Waals surface area contributed by atoms with Crippen LogP contribution < -0.4 is 5.73 Å². The van der Waals surface area contributed by atoms with Crippen molar-refractivity contribution in [2.75, 3.05) is 26.2 Å². The second-order valence-corrected chi connectivity index (χ2v) is 4.39. The molecular weight excluding hydrogens is 218 g/mol. The highest BCUT2D eigenvalue weighted by molar-refractivity contribution is 5.82. The van der Waals surface area contributed by atoms with Crippen LogP contribution in [-0.4, -0.2) is 52.9 Å². The Hall–Kier alpha value is -1.40. The van der Waals surface area contributed by atoms with Gasteiger partial charge in [0.1, 0.15) is 11.9 Å². The van der Waals surface area contributed by atoms with Crippen LogP contribution in [-0.2, 0) is 18.2 Å². The zero-order chi connectivity index (χ0) is 12.3. The number of aromatic nitrogens is 2. The van der Waals surface area contributed by atoms with Gasteiger partial charge in [0.15, 0.2) is 0 Å². The van der Waals surface area contributed by atoms with E-state index in [1.54, 1.807) is 0 Å². The summed E-state index contributed by atoms with van der Waals surface area (Å²) in [4.78, 5) is 2.28. The molecule has 0 radical (unpaired) electrons. The number of ether oxygens (including phenoxy) is 1. The molecule has 0 aromatic carbocycles. The molecule has 17 heavy (non-hydrogen) atoms. The molecule has 1 fully saturated rings. The molecule has 1 aromatic rings. The first-order chi connectivity index (χ1) is 8.15. The number of nitrogens with zero attached hydrogens (tertiary/aromatic N) is 3. The molecule has 2 rings (SSSR count). The van der Waals surface area contributed by atoms with Gasteiger partial charge in [-0.25, -0.2) is 0 Å². The fourth-order valence-corrected chi connectivity index (χ4v) is 1.98. The first kappa shape index (κ1) is 12.1. The number of aryl methyl sites for hydroxylation is 1. The van der Waals surface area contributed by atoms with Crippen molar-refractivity contribution in [3.63, 3.8) is 0 Å². The fourth-order valence-electron chi connectivity index (χ4n) is 1.98. The highest BCUT2D eigenvalue weighted by Crippen LogP contribution is 2.07. The molecule has 94 valence electrons. The van der Waals surface area contributed by atoms with Crippen LogP contribution in [0, 0.1) is 5.41 Å². The summed E-state index contributed by atoms with van der Waals surface area (Å²) in [6.45, 7) is 3.23. The number of hydrogen-bond donors (Lipinski definition) is 2. The van der Waals surface area contributed by atoms with Crippen molar-refractivity contribution in [2.45, 2.75) is 12.5 Å². The minimum atomic E-state index is -0.238. The Labute approximate surface area is 101 Å². The van der Waals surface area contributed by atoms with E-state index >= 15 is 0 Å². The molecule has 0 spiro atoms. The topological polar surface area (TPSA) is 80.2 Å². The zero-order valence-corrected chi connectivity index (χ0v) is 10.1. The van der Waals surface area contributed by atoms with Crippen molar-refractivity contribution in [1.29, 1.82) is 5.41 Å². The standard InChI is InChI=1S/C11H19N5O/c1-15-7-9(6-14-15)2-3-16-4-5-17-10(8-16)11(12)13/h6-7,10H,2-5,8H2,1H3,(H3,12,13). The van der Waals surface area contributed by atoms with Crippen molar-refractivity contribution < 1.29 is 4.74 Å². The number of rotatable bonds is 4. The maximum Gasteiger partial charge on any atom is 0.127 e. The number of nitrogens with two attached hydrogens (primary N) is 1.